The van der Waals surface area contributed by atoms with Gasteiger partial charge in [0.05, 0.1) is 0 Å². The smallest absolute Gasteiger partial charge is 0.433 e. The average Bonchev–Trinajstić information content (AvgIpc) is 2.37. The summed E-state index contributed by atoms with van der Waals surface area (Å²) in [6.07, 6.45) is -3.91. The Morgan fingerprint density at radius 1 is 1.19 bits per heavy atom. The molecule has 0 atom stereocenters. The van der Waals surface area contributed by atoms with Gasteiger partial charge in [-0.25, -0.2) is 4.98 Å². The number of alkyl halides is 3. The predicted octanol–water partition coefficient (Wildman–Crippen LogP) is 3.00. The number of Topliss-reactive ketones (excluding diaryl/α,β-unsaturated/α-hetero) is 2. The van der Waals surface area contributed by atoms with Crippen molar-refractivity contribution in [1.82, 2.24) is 4.98 Å². The van der Waals surface area contributed by atoms with Crippen molar-refractivity contribution in [2.75, 3.05) is 0 Å². The van der Waals surface area contributed by atoms with E-state index >= 15 is 0 Å². The van der Waals surface area contributed by atoms with Gasteiger partial charge in [-0.2, -0.15) is 13.2 Å². The minimum absolute atomic E-state index is 0.0402. The molecule has 0 spiro atoms. The van der Waals surface area contributed by atoms with E-state index in [9.17, 15) is 27.9 Å². The molecule has 112 valence electrons. The molecule has 1 N–H and O–H groups in total. The van der Waals surface area contributed by atoms with E-state index in [-0.39, 0.29) is 29.7 Å². The molecule has 1 heterocycles. The van der Waals surface area contributed by atoms with Gasteiger partial charge in [-0.1, -0.05) is 0 Å². The molecule has 0 aromatic carbocycles. The van der Waals surface area contributed by atoms with Gasteiger partial charge in [-0.15, -0.1) is 0 Å². The van der Waals surface area contributed by atoms with Gasteiger partial charge in [-0.05, 0) is 25.5 Å². The number of nitrogens with zero attached hydrogens (tertiary/aromatic N) is 1. The Balaban J connectivity index is 2.51. The van der Waals surface area contributed by atoms with Crippen LogP contribution in [0.5, 0.6) is 0 Å². The van der Waals surface area contributed by atoms with E-state index in [4.69, 9.17) is 0 Å². The van der Waals surface area contributed by atoms with E-state index in [0.717, 1.165) is 6.07 Å². The number of carbonyl (C=O) groups excluding carboxylic acids is 2. The number of pyridine rings is 1. The molecule has 1 aromatic rings. The van der Waals surface area contributed by atoms with Gasteiger partial charge < -0.3 is 5.11 Å². The van der Waals surface area contributed by atoms with E-state index < -0.39 is 29.2 Å². The highest BCUT2D eigenvalue weighted by atomic mass is 19.4. The van der Waals surface area contributed by atoms with Gasteiger partial charge in [0.25, 0.3) is 0 Å². The number of carbonyl (C=O) groups is 2. The number of ketones is 2. The minimum Gasteiger partial charge on any atom is -0.506 e. The van der Waals surface area contributed by atoms with Crippen LogP contribution in [0.4, 0.5) is 13.2 Å². The molecule has 0 amide bonds. The number of halogens is 3. The van der Waals surface area contributed by atoms with Gasteiger partial charge in [0, 0.05) is 24.1 Å². The average molecular weight is 299 g/mol. The van der Waals surface area contributed by atoms with Crippen LogP contribution in [-0.2, 0) is 15.8 Å². The number of hydrogen-bond donors (Lipinski definition) is 1. The summed E-state index contributed by atoms with van der Waals surface area (Å²) in [5.74, 6) is -1.59. The van der Waals surface area contributed by atoms with Gasteiger partial charge >= 0.3 is 6.18 Å². The van der Waals surface area contributed by atoms with Gasteiger partial charge in [0.2, 0.25) is 0 Å². The van der Waals surface area contributed by atoms with E-state index in [0.29, 0.717) is 12.5 Å². The monoisotopic (exact) mass is 299 g/mol. The maximum Gasteiger partial charge on any atom is 0.433 e. The van der Waals surface area contributed by atoms with Crippen LogP contribution in [0.1, 0.15) is 36.2 Å². The zero-order valence-electron chi connectivity index (χ0n) is 11.1. The SMILES string of the molecule is Cc1nc(C(F)(F)F)ccc1C(O)=C1C(=O)CCCC1=O. The lowest BCUT2D eigenvalue weighted by Gasteiger charge is -2.15. The van der Waals surface area contributed by atoms with E-state index in [2.05, 4.69) is 4.98 Å². The second-order valence-electron chi connectivity index (χ2n) is 4.75. The first kappa shape index (κ1) is 15.2. The Bertz CT molecular complexity index is 629. The highest BCUT2D eigenvalue weighted by Crippen LogP contribution is 2.31. The topological polar surface area (TPSA) is 67.3 Å². The summed E-state index contributed by atoms with van der Waals surface area (Å²) in [4.78, 5) is 26.8. The van der Waals surface area contributed by atoms with Crippen molar-refractivity contribution in [2.45, 2.75) is 32.4 Å². The summed E-state index contributed by atoms with van der Waals surface area (Å²) in [6, 6.07) is 1.72. The summed E-state index contributed by atoms with van der Waals surface area (Å²) in [6.45, 7) is 1.28. The van der Waals surface area contributed by atoms with Crippen LogP contribution in [0.3, 0.4) is 0 Å². The summed E-state index contributed by atoms with van der Waals surface area (Å²) in [7, 11) is 0. The number of allylic oxidation sites excluding steroid dienone is 1. The fourth-order valence-corrected chi connectivity index (χ4v) is 2.18. The van der Waals surface area contributed by atoms with Gasteiger partial charge in [0.15, 0.2) is 11.6 Å². The first-order chi connectivity index (χ1) is 9.71. The van der Waals surface area contributed by atoms with Crippen molar-refractivity contribution < 1.29 is 27.9 Å². The van der Waals surface area contributed by atoms with Crippen molar-refractivity contribution in [3.8, 4) is 0 Å². The molecule has 4 nitrogen and oxygen atoms in total. The van der Waals surface area contributed by atoms with Crippen molar-refractivity contribution in [2.24, 2.45) is 0 Å². The van der Waals surface area contributed by atoms with Crippen LogP contribution in [0.25, 0.3) is 5.76 Å². The predicted molar refractivity (Wildman–Crippen MR) is 67.4 cm³/mol. The Hall–Kier alpha value is -2.18. The first-order valence-corrected chi connectivity index (χ1v) is 6.26. The van der Waals surface area contributed by atoms with Crippen LogP contribution in [-0.4, -0.2) is 21.7 Å². The molecule has 1 saturated carbocycles. The van der Waals surface area contributed by atoms with Crippen molar-refractivity contribution in [1.29, 1.82) is 0 Å². The normalized spacial score (nSPS) is 16.3. The lowest BCUT2D eigenvalue weighted by atomic mass is 9.89. The molecule has 7 heteroatoms. The van der Waals surface area contributed by atoms with Crippen molar-refractivity contribution in [3.63, 3.8) is 0 Å². The number of aryl methyl sites for hydroxylation is 1. The second kappa shape index (κ2) is 5.31. The Morgan fingerprint density at radius 3 is 2.24 bits per heavy atom. The zero-order valence-corrected chi connectivity index (χ0v) is 11.1. The Labute approximate surface area is 118 Å². The van der Waals surface area contributed by atoms with Crippen molar-refractivity contribution in [3.05, 3.63) is 34.7 Å². The molecule has 1 fully saturated rings. The second-order valence-corrected chi connectivity index (χ2v) is 4.75. The summed E-state index contributed by atoms with van der Waals surface area (Å²) >= 11 is 0. The first-order valence-electron chi connectivity index (χ1n) is 6.26. The van der Waals surface area contributed by atoms with Gasteiger partial charge in [0.1, 0.15) is 17.0 Å². The zero-order chi connectivity index (χ0) is 15.8. The van der Waals surface area contributed by atoms with Crippen LogP contribution < -0.4 is 0 Å². The molecule has 0 radical (unpaired) electrons. The standard InChI is InChI=1S/C14H12F3NO3/c1-7-8(5-6-11(18-7)14(15,16)17)13(21)12-9(19)3-2-4-10(12)20/h5-6,21H,2-4H2,1H3. The summed E-state index contributed by atoms with van der Waals surface area (Å²) < 4.78 is 37.6. The number of aliphatic hydroxyl groups excluding tert-OH is 1. The quantitative estimate of drug-likeness (QED) is 0.492. The third-order valence-corrected chi connectivity index (χ3v) is 3.23. The Morgan fingerprint density at radius 2 is 1.76 bits per heavy atom. The number of hydrogen-bond acceptors (Lipinski definition) is 4. The maximum absolute atomic E-state index is 12.5. The molecule has 0 bridgehead atoms. The molecule has 21 heavy (non-hydrogen) atoms. The molecule has 1 aliphatic rings. The molecule has 0 aliphatic heterocycles. The number of rotatable bonds is 1. The molecular formula is C14H12F3NO3. The number of aliphatic hydroxyl groups is 1. The fraction of sp³-hybridized carbons (Fsp3) is 0.357. The molecule has 0 saturated heterocycles. The lowest BCUT2D eigenvalue weighted by molar-refractivity contribution is -0.141. The third kappa shape index (κ3) is 2.96. The van der Waals surface area contributed by atoms with E-state index in [1.807, 2.05) is 0 Å². The highest BCUT2D eigenvalue weighted by molar-refractivity contribution is 6.25. The van der Waals surface area contributed by atoms with Crippen LogP contribution >= 0.6 is 0 Å². The van der Waals surface area contributed by atoms with Gasteiger partial charge in [-0.3, -0.25) is 9.59 Å². The van der Waals surface area contributed by atoms with E-state index in [1.54, 1.807) is 0 Å². The summed E-state index contributed by atoms with van der Waals surface area (Å²) in [5, 5.41) is 10.1. The summed E-state index contributed by atoms with van der Waals surface area (Å²) in [5.41, 5.74) is -1.57. The number of aromatic nitrogens is 1. The highest BCUT2D eigenvalue weighted by Gasteiger charge is 2.33. The van der Waals surface area contributed by atoms with E-state index in [1.165, 1.54) is 6.92 Å². The fourth-order valence-electron chi connectivity index (χ4n) is 2.18. The third-order valence-electron chi connectivity index (χ3n) is 3.23. The van der Waals surface area contributed by atoms with Crippen LogP contribution in [0.15, 0.2) is 17.7 Å². The van der Waals surface area contributed by atoms with Crippen LogP contribution in [0.2, 0.25) is 0 Å². The Kier molecular flexibility index (Phi) is 3.85. The largest absolute Gasteiger partial charge is 0.506 e. The maximum atomic E-state index is 12.5. The molecule has 0 unspecified atom stereocenters. The lowest BCUT2D eigenvalue weighted by Crippen LogP contribution is -2.21. The molecule has 1 aromatic heterocycles. The van der Waals surface area contributed by atoms with Crippen LogP contribution in [0, 0.1) is 6.92 Å². The van der Waals surface area contributed by atoms with Crippen molar-refractivity contribution >= 4 is 17.3 Å². The molecule has 2 rings (SSSR count). The molecular weight excluding hydrogens is 287 g/mol. The minimum atomic E-state index is -4.59. The molecule has 1 aliphatic carbocycles.